The standard InChI is InChI=1S/C24H23ClN4O3/c25-19-9-7-15(8-10-19)13-26-23(31)18-12-21(30)29(14-18)20-6-2-5-17(11-20)22-27-24(32-28-22)16-3-1-4-16/h2,5-11,16,18H,1,3-4,12-14H2,(H,26,31). The number of amides is 2. The van der Waals surface area contributed by atoms with Gasteiger partial charge in [0.05, 0.1) is 5.92 Å². The number of carbonyl (C=O) groups is 2. The molecule has 32 heavy (non-hydrogen) atoms. The monoisotopic (exact) mass is 450 g/mol. The van der Waals surface area contributed by atoms with Gasteiger partial charge in [0.25, 0.3) is 0 Å². The molecule has 8 heteroatoms. The normalized spacial score (nSPS) is 18.6. The number of anilines is 1. The van der Waals surface area contributed by atoms with E-state index in [1.807, 2.05) is 36.4 Å². The van der Waals surface area contributed by atoms with Crippen LogP contribution in [-0.2, 0) is 16.1 Å². The van der Waals surface area contributed by atoms with Crippen molar-refractivity contribution in [2.45, 2.75) is 38.1 Å². The number of hydrogen-bond donors (Lipinski definition) is 1. The Morgan fingerprint density at radius 3 is 2.75 bits per heavy atom. The van der Waals surface area contributed by atoms with Crippen LogP contribution >= 0.6 is 11.6 Å². The molecule has 2 amide bonds. The average molecular weight is 451 g/mol. The summed E-state index contributed by atoms with van der Waals surface area (Å²) in [5, 5.41) is 7.69. The average Bonchev–Trinajstić information content (AvgIpc) is 3.39. The molecule has 3 aromatic rings. The van der Waals surface area contributed by atoms with E-state index in [-0.39, 0.29) is 18.2 Å². The molecule has 5 rings (SSSR count). The minimum atomic E-state index is -0.395. The Bertz CT molecular complexity index is 1140. The summed E-state index contributed by atoms with van der Waals surface area (Å²) in [4.78, 5) is 31.5. The minimum absolute atomic E-state index is 0.0722. The van der Waals surface area contributed by atoms with E-state index in [2.05, 4.69) is 15.5 Å². The number of benzene rings is 2. The lowest BCUT2D eigenvalue weighted by atomic mass is 9.85. The van der Waals surface area contributed by atoms with Crippen LogP contribution in [0.25, 0.3) is 11.4 Å². The van der Waals surface area contributed by atoms with Crippen molar-refractivity contribution in [1.82, 2.24) is 15.5 Å². The molecule has 2 aliphatic rings. The molecule has 2 fully saturated rings. The molecule has 2 heterocycles. The van der Waals surface area contributed by atoms with Crippen LogP contribution < -0.4 is 10.2 Å². The number of nitrogens with one attached hydrogen (secondary N) is 1. The summed E-state index contributed by atoms with van der Waals surface area (Å²) in [6.45, 7) is 0.742. The lowest BCUT2D eigenvalue weighted by Crippen LogP contribution is -2.32. The van der Waals surface area contributed by atoms with Crippen LogP contribution in [0.15, 0.2) is 53.1 Å². The summed E-state index contributed by atoms with van der Waals surface area (Å²) in [7, 11) is 0. The van der Waals surface area contributed by atoms with Gasteiger partial charge in [-0.3, -0.25) is 9.59 Å². The van der Waals surface area contributed by atoms with Gasteiger partial charge in [0, 0.05) is 41.7 Å². The Morgan fingerprint density at radius 2 is 2.00 bits per heavy atom. The van der Waals surface area contributed by atoms with Gasteiger partial charge in [-0.15, -0.1) is 0 Å². The third kappa shape index (κ3) is 4.25. The smallest absolute Gasteiger partial charge is 0.230 e. The van der Waals surface area contributed by atoms with Gasteiger partial charge in [-0.05, 0) is 42.7 Å². The van der Waals surface area contributed by atoms with Crippen LogP contribution in [0.2, 0.25) is 5.02 Å². The molecule has 1 saturated carbocycles. The molecule has 1 aromatic heterocycles. The number of carbonyl (C=O) groups excluding carboxylic acids is 2. The fourth-order valence-corrected chi connectivity index (χ4v) is 4.18. The molecular weight excluding hydrogens is 428 g/mol. The van der Waals surface area contributed by atoms with Gasteiger partial charge in [-0.2, -0.15) is 4.98 Å². The summed E-state index contributed by atoms with van der Waals surface area (Å²) >= 11 is 5.90. The van der Waals surface area contributed by atoms with Crippen LogP contribution in [0.3, 0.4) is 0 Å². The molecule has 1 saturated heterocycles. The van der Waals surface area contributed by atoms with E-state index in [1.165, 1.54) is 6.42 Å². The molecule has 1 unspecified atom stereocenters. The molecule has 1 N–H and O–H groups in total. The number of nitrogens with zero attached hydrogens (tertiary/aromatic N) is 3. The molecular formula is C24H23ClN4O3. The van der Waals surface area contributed by atoms with Crippen molar-refractivity contribution in [3.8, 4) is 11.4 Å². The van der Waals surface area contributed by atoms with Gasteiger partial charge >= 0.3 is 0 Å². The quantitative estimate of drug-likeness (QED) is 0.604. The molecule has 0 radical (unpaired) electrons. The zero-order valence-electron chi connectivity index (χ0n) is 17.5. The molecule has 0 spiro atoms. The van der Waals surface area contributed by atoms with Gasteiger partial charge in [0.1, 0.15) is 0 Å². The molecule has 2 aromatic carbocycles. The largest absolute Gasteiger partial charge is 0.352 e. The highest BCUT2D eigenvalue weighted by atomic mass is 35.5. The number of hydrogen-bond acceptors (Lipinski definition) is 5. The zero-order chi connectivity index (χ0) is 22.1. The van der Waals surface area contributed by atoms with E-state index < -0.39 is 5.92 Å². The van der Waals surface area contributed by atoms with E-state index in [0.717, 1.165) is 29.7 Å². The van der Waals surface area contributed by atoms with Crippen molar-refractivity contribution in [2.75, 3.05) is 11.4 Å². The van der Waals surface area contributed by atoms with E-state index >= 15 is 0 Å². The van der Waals surface area contributed by atoms with Crippen molar-refractivity contribution in [1.29, 1.82) is 0 Å². The predicted molar refractivity (Wildman–Crippen MR) is 120 cm³/mol. The second-order valence-electron chi connectivity index (χ2n) is 8.38. The highest BCUT2D eigenvalue weighted by molar-refractivity contribution is 6.30. The highest BCUT2D eigenvalue weighted by Crippen LogP contribution is 2.36. The van der Waals surface area contributed by atoms with Crippen LogP contribution in [0.1, 0.15) is 43.1 Å². The van der Waals surface area contributed by atoms with Crippen molar-refractivity contribution in [2.24, 2.45) is 5.92 Å². The third-order valence-corrected chi connectivity index (χ3v) is 6.44. The van der Waals surface area contributed by atoms with Crippen molar-refractivity contribution < 1.29 is 14.1 Å². The van der Waals surface area contributed by atoms with E-state index in [0.29, 0.717) is 35.7 Å². The Labute approximate surface area is 190 Å². The number of rotatable bonds is 6. The number of aromatic nitrogens is 2. The van der Waals surface area contributed by atoms with Gasteiger partial charge < -0.3 is 14.7 Å². The topological polar surface area (TPSA) is 88.3 Å². The van der Waals surface area contributed by atoms with Gasteiger partial charge in [-0.25, -0.2) is 0 Å². The first-order chi connectivity index (χ1) is 15.6. The van der Waals surface area contributed by atoms with Crippen LogP contribution in [0, 0.1) is 5.92 Å². The van der Waals surface area contributed by atoms with Crippen LogP contribution in [0.4, 0.5) is 5.69 Å². The Kier molecular flexibility index (Phi) is 5.66. The first-order valence-corrected chi connectivity index (χ1v) is 11.2. The Balaban J connectivity index is 1.24. The van der Waals surface area contributed by atoms with Gasteiger partial charge in [0.15, 0.2) is 0 Å². The van der Waals surface area contributed by atoms with Crippen molar-refractivity contribution in [3.63, 3.8) is 0 Å². The third-order valence-electron chi connectivity index (χ3n) is 6.19. The maximum absolute atomic E-state index is 12.7. The van der Waals surface area contributed by atoms with Crippen molar-refractivity contribution in [3.05, 3.63) is 65.0 Å². The highest BCUT2D eigenvalue weighted by Gasteiger charge is 2.35. The maximum Gasteiger partial charge on any atom is 0.230 e. The van der Waals surface area contributed by atoms with Crippen LogP contribution in [-0.4, -0.2) is 28.5 Å². The van der Waals surface area contributed by atoms with E-state index in [1.54, 1.807) is 17.0 Å². The summed E-state index contributed by atoms with van der Waals surface area (Å²) in [6, 6.07) is 14.8. The zero-order valence-corrected chi connectivity index (χ0v) is 18.2. The molecule has 1 aliphatic carbocycles. The fraction of sp³-hybridized carbons (Fsp3) is 0.333. The molecule has 7 nitrogen and oxygen atoms in total. The first kappa shape index (κ1) is 20.7. The first-order valence-electron chi connectivity index (χ1n) is 10.8. The summed E-state index contributed by atoms with van der Waals surface area (Å²) < 4.78 is 5.43. The molecule has 1 atom stereocenters. The van der Waals surface area contributed by atoms with Gasteiger partial charge in [-0.1, -0.05) is 47.4 Å². The Morgan fingerprint density at radius 1 is 1.19 bits per heavy atom. The fourth-order valence-electron chi connectivity index (χ4n) is 4.05. The second-order valence-corrected chi connectivity index (χ2v) is 8.82. The Hall–Kier alpha value is -3.19. The summed E-state index contributed by atoms with van der Waals surface area (Å²) in [5.41, 5.74) is 2.48. The second kappa shape index (κ2) is 8.74. The van der Waals surface area contributed by atoms with Gasteiger partial charge in [0.2, 0.25) is 23.5 Å². The molecule has 0 bridgehead atoms. The predicted octanol–water partition coefficient (Wildman–Crippen LogP) is 4.33. The van der Waals surface area contributed by atoms with E-state index in [9.17, 15) is 9.59 Å². The summed E-state index contributed by atoms with van der Waals surface area (Å²) in [6.07, 6.45) is 3.56. The number of halogens is 1. The minimum Gasteiger partial charge on any atom is -0.352 e. The maximum atomic E-state index is 12.7. The van der Waals surface area contributed by atoms with E-state index in [4.69, 9.17) is 16.1 Å². The summed E-state index contributed by atoms with van der Waals surface area (Å²) in [5.74, 6) is 0.983. The molecule has 1 aliphatic heterocycles. The lowest BCUT2D eigenvalue weighted by Gasteiger charge is -2.20. The van der Waals surface area contributed by atoms with Crippen molar-refractivity contribution >= 4 is 29.1 Å². The molecule has 164 valence electrons. The SMILES string of the molecule is O=C(NCc1ccc(Cl)cc1)C1CC(=O)N(c2cccc(-c3noc(C4CCC4)n3)c2)C1. The lowest BCUT2D eigenvalue weighted by molar-refractivity contribution is -0.126. The van der Waals surface area contributed by atoms with Crippen LogP contribution in [0.5, 0.6) is 0 Å².